The maximum absolute atomic E-state index is 4.02. The predicted molar refractivity (Wildman–Crippen MR) is 113 cm³/mol. The second kappa shape index (κ2) is 10.2. The van der Waals surface area contributed by atoms with Crippen LogP contribution in [0.1, 0.15) is 40.6 Å². The number of halogens is 2. The molecule has 0 amide bonds. The molecule has 0 spiro atoms. The smallest absolute Gasteiger partial charge is 1.00 e. The van der Waals surface area contributed by atoms with Crippen molar-refractivity contribution in [3.63, 3.8) is 0 Å². The molecule has 2 aromatic rings. The van der Waals surface area contributed by atoms with Gasteiger partial charge in [-0.2, -0.15) is 0 Å². The maximum atomic E-state index is 4.02. The van der Waals surface area contributed by atoms with Crippen LogP contribution in [-0.2, 0) is 20.3 Å². The zero-order valence-electron chi connectivity index (χ0n) is 16.0. The van der Waals surface area contributed by atoms with Crippen molar-refractivity contribution in [1.29, 1.82) is 0 Å². The fourth-order valence-electron chi connectivity index (χ4n) is 4.89. The second-order valence-corrected chi connectivity index (χ2v) is 18.8. The minimum atomic E-state index is -2.63. The molecule has 0 aliphatic heterocycles. The van der Waals surface area contributed by atoms with E-state index in [1.165, 1.54) is 27.2 Å². The summed E-state index contributed by atoms with van der Waals surface area (Å²) in [5.41, 5.74) is 7.59. The molecule has 2 aliphatic rings. The van der Waals surface area contributed by atoms with Gasteiger partial charge in [0, 0.05) is 0 Å². The molecular weight excluding hydrogens is 462 g/mol. The van der Waals surface area contributed by atoms with Crippen LogP contribution in [0.5, 0.6) is 0 Å². The predicted octanol–water partition coefficient (Wildman–Crippen LogP) is 1.75. The molecule has 0 aromatic heterocycles. The molecule has 0 radical (unpaired) electrons. The molecule has 2 aromatic carbocycles. The molecular formula is C25H30Cl2Zr. The first kappa shape index (κ1) is 25.2. The summed E-state index contributed by atoms with van der Waals surface area (Å²) in [6.07, 6.45) is 11.5. The standard InChI is InChI=1S/C14H11.C5H5.C4H7.CH4.CH3.2ClH.Zr/c1-10-5-4-7-12-9-11-6-2-3-8-13(11)14(10)12;1-2-4-5-3-1;1-3-4-2;;;;;/h2-9H,1H3;1-3H,4H2;3H,1-2,4H2;1H4;1H3;2*1H;/q;;;;;;;+2/p-2. The molecule has 28 heavy (non-hydrogen) atoms. The number of fused-ring (bicyclic) bond motifs is 3. The fraction of sp³-hybridized carbons (Fsp3) is 0.280. The van der Waals surface area contributed by atoms with E-state index in [1.807, 2.05) is 0 Å². The molecule has 148 valence electrons. The van der Waals surface area contributed by atoms with E-state index < -0.39 is 20.3 Å². The molecule has 0 heterocycles. The molecule has 0 saturated heterocycles. The first-order valence-corrected chi connectivity index (χ1v) is 16.2. The number of aryl methyl sites for hydroxylation is 1. The first-order valence-electron chi connectivity index (χ1n) is 9.32. The molecule has 0 bridgehead atoms. The van der Waals surface area contributed by atoms with Crippen LogP contribution in [0.3, 0.4) is 0 Å². The number of hydrogen-bond acceptors (Lipinski definition) is 0. The number of benzene rings is 2. The average molecular weight is 493 g/mol. The van der Waals surface area contributed by atoms with Gasteiger partial charge in [0.05, 0.1) is 0 Å². The molecule has 2 atom stereocenters. The van der Waals surface area contributed by atoms with E-state index in [-0.39, 0.29) is 32.2 Å². The molecule has 0 saturated carbocycles. The molecule has 3 heteroatoms. The Morgan fingerprint density at radius 3 is 2.46 bits per heavy atom. The van der Waals surface area contributed by atoms with Crippen molar-refractivity contribution < 1.29 is 45.1 Å². The maximum Gasteiger partial charge on any atom is -1.00 e. The van der Waals surface area contributed by atoms with Crippen molar-refractivity contribution in [2.45, 2.75) is 39.6 Å². The number of rotatable bonds is 5. The van der Waals surface area contributed by atoms with Crippen LogP contribution in [0.15, 0.2) is 76.6 Å². The van der Waals surface area contributed by atoms with Gasteiger partial charge < -0.3 is 24.8 Å². The third kappa shape index (κ3) is 4.04. The number of allylic oxidation sites excluding steroid dienone is 5. The van der Waals surface area contributed by atoms with Crippen molar-refractivity contribution in [3.8, 4) is 11.1 Å². The van der Waals surface area contributed by atoms with Crippen LogP contribution < -0.4 is 24.8 Å². The molecule has 0 fully saturated rings. The van der Waals surface area contributed by atoms with Gasteiger partial charge in [-0.3, -0.25) is 0 Å². The summed E-state index contributed by atoms with van der Waals surface area (Å²) in [6.45, 7) is 6.29. The van der Waals surface area contributed by atoms with E-state index in [0.29, 0.717) is 3.63 Å². The van der Waals surface area contributed by atoms with Gasteiger partial charge in [0.25, 0.3) is 0 Å². The minimum Gasteiger partial charge on any atom is -1.00 e. The van der Waals surface area contributed by atoms with Crippen LogP contribution in [-0.4, -0.2) is 0 Å². The summed E-state index contributed by atoms with van der Waals surface area (Å²) in [5, 5.41) is 0. The third-order valence-corrected chi connectivity index (χ3v) is 18.6. The van der Waals surface area contributed by atoms with Gasteiger partial charge in [0.2, 0.25) is 0 Å². The van der Waals surface area contributed by atoms with Gasteiger partial charge in [-0.15, -0.1) is 0 Å². The fourth-order valence-corrected chi connectivity index (χ4v) is 16.5. The van der Waals surface area contributed by atoms with Crippen molar-refractivity contribution >= 4 is 0 Å². The van der Waals surface area contributed by atoms with E-state index in [2.05, 4.69) is 84.9 Å². The Labute approximate surface area is 188 Å². The minimum absolute atomic E-state index is 0. The summed E-state index contributed by atoms with van der Waals surface area (Å²) in [4.78, 5) is 0. The van der Waals surface area contributed by atoms with E-state index in [1.54, 1.807) is 14.4 Å². The van der Waals surface area contributed by atoms with Crippen molar-refractivity contribution in [1.82, 2.24) is 0 Å². The Kier molecular flexibility index (Phi) is 9.20. The van der Waals surface area contributed by atoms with Crippen molar-refractivity contribution in [3.05, 3.63) is 93.3 Å². The monoisotopic (exact) mass is 490 g/mol. The number of hydrogen-bond donors (Lipinski definition) is 0. The molecule has 4 rings (SSSR count). The van der Waals surface area contributed by atoms with Crippen molar-refractivity contribution in [2.24, 2.45) is 0 Å². The van der Waals surface area contributed by atoms with Gasteiger partial charge in [0.15, 0.2) is 0 Å². The zero-order valence-corrected chi connectivity index (χ0v) is 20.0. The Morgan fingerprint density at radius 2 is 1.79 bits per heavy atom. The Balaban J connectivity index is 0.00000131. The first-order chi connectivity index (χ1) is 12.2. The zero-order chi connectivity index (χ0) is 17.4. The summed E-state index contributed by atoms with van der Waals surface area (Å²) in [6, 6.07) is 16.1. The molecule has 0 N–H and O–H groups in total. The van der Waals surface area contributed by atoms with Crippen LogP contribution in [0, 0.1) is 6.92 Å². The quantitative estimate of drug-likeness (QED) is 0.558. The Bertz CT molecular complexity index is 897. The SMILES string of the molecule is C.C=CC[CH2][Zr+2]([CH3])([C]1=CC=CC1)[CH]1c2ccccc2-c2c(C)cccc21.[Cl-].[Cl-]. The van der Waals surface area contributed by atoms with E-state index in [4.69, 9.17) is 0 Å². The van der Waals surface area contributed by atoms with Gasteiger partial charge in [0.1, 0.15) is 0 Å². The summed E-state index contributed by atoms with van der Waals surface area (Å²) >= 11 is -2.63. The summed E-state index contributed by atoms with van der Waals surface area (Å²) < 4.78 is 6.42. The van der Waals surface area contributed by atoms with E-state index >= 15 is 0 Å². The van der Waals surface area contributed by atoms with E-state index in [9.17, 15) is 0 Å². The second-order valence-electron chi connectivity index (χ2n) is 7.63. The van der Waals surface area contributed by atoms with Crippen molar-refractivity contribution in [2.75, 3.05) is 0 Å². The summed E-state index contributed by atoms with van der Waals surface area (Å²) in [5.74, 6) is 0. The van der Waals surface area contributed by atoms with Gasteiger partial charge in [-0.25, -0.2) is 0 Å². The average Bonchev–Trinajstić information content (AvgIpc) is 3.27. The Hall–Kier alpha value is -0.877. The van der Waals surface area contributed by atoms with Gasteiger partial charge in [-0.1, -0.05) is 7.43 Å². The van der Waals surface area contributed by atoms with Crippen LogP contribution in [0.2, 0.25) is 8.76 Å². The largest absolute Gasteiger partial charge is 1.00 e. The molecule has 2 unspecified atom stereocenters. The Morgan fingerprint density at radius 1 is 1.07 bits per heavy atom. The third-order valence-electron chi connectivity index (χ3n) is 6.17. The van der Waals surface area contributed by atoms with Crippen LogP contribution in [0.25, 0.3) is 11.1 Å². The van der Waals surface area contributed by atoms with Gasteiger partial charge in [-0.05, 0) is 0 Å². The molecule has 2 aliphatic carbocycles. The normalized spacial score (nSPS) is 16.6. The topological polar surface area (TPSA) is 0 Å². The van der Waals surface area contributed by atoms with Crippen LogP contribution >= 0.6 is 0 Å². The molecule has 0 nitrogen and oxygen atoms in total. The summed E-state index contributed by atoms with van der Waals surface area (Å²) in [7, 11) is 0. The van der Waals surface area contributed by atoms with E-state index in [0.717, 1.165) is 6.42 Å². The van der Waals surface area contributed by atoms with Crippen LogP contribution in [0.4, 0.5) is 0 Å². The van der Waals surface area contributed by atoms with Gasteiger partial charge >= 0.3 is 157 Å².